The lowest BCUT2D eigenvalue weighted by Crippen LogP contribution is -2.45. The van der Waals surface area contributed by atoms with Gasteiger partial charge >= 0.3 is 5.97 Å². The fourth-order valence-electron chi connectivity index (χ4n) is 4.17. The van der Waals surface area contributed by atoms with E-state index in [9.17, 15) is 27.6 Å². The van der Waals surface area contributed by atoms with E-state index in [2.05, 4.69) is 0 Å². The highest BCUT2D eigenvalue weighted by Crippen LogP contribution is 2.25. The maximum atomic E-state index is 12.8. The summed E-state index contributed by atoms with van der Waals surface area (Å²) in [7, 11) is -3.18. The summed E-state index contributed by atoms with van der Waals surface area (Å²) in [6, 6.07) is 3.72. The molecule has 2 heterocycles. The molecule has 3 rings (SSSR count). The Morgan fingerprint density at radius 3 is 2.35 bits per heavy atom. The van der Waals surface area contributed by atoms with Crippen LogP contribution in [0.5, 0.6) is 0 Å². The number of carbonyl (C=O) groups excluding carboxylic acids is 4. The number of carbonyl (C=O) groups is 4. The Balaban J connectivity index is 1.67. The van der Waals surface area contributed by atoms with Gasteiger partial charge in [0.2, 0.25) is 0 Å². The average molecular weight is 493 g/mol. The predicted octanol–water partition coefficient (Wildman–Crippen LogP) is 2.16. The molecule has 0 radical (unpaired) electrons. The van der Waals surface area contributed by atoms with Crippen molar-refractivity contribution in [1.29, 1.82) is 0 Å². The quantitative estimate of drug-likeness (QED) is 0.383. The second-order valence-electron chi connectivity index (χ2n) is 9.78. The normalized spacial score (nSPS) is 19.1. The molecule has 0 N–H and O–H groups in total. The number of nitrogens with zero attached hydrogens (tertiary/aromatic N) is 2. The van der Waals surface area contributed by atoms with Crippen molar-refractivity contribution in [2.75, 3.05) is 31.2 Å². The summed E-state index contributed by atoms with van der Waals surface area (Å²) in [4.78, 5) is 53.3. The Hall–Kier alpha value is -2.75. The minimum absolute atomic E-state index is 0.0371. The van der Waals surface area contributed by atoms with Gasteiger partial charge in [0.1, 0.15) is 0 Å². The number of imide groups is 1. The molecule has 0 aromatic heterocycles. The highest BCUT2D eigenvalue weighted by molar-refractivity contribution is 7.91. The number of hydrogen-bond acceptors (Lipinski definition) is 7. The molecule has 2 aliphatic heterocycles. The van der Waals surface area contributed by atoms with Crippen LogP contribution >= 0.6 is 0 Å². The molecule has 1 saturated heterocycles. The maximum absolute atomic E-state index is 12.8. The third-order valence-electron chi connectivity index (χ3n) is 5.99. The number of benzene rings is 1. The fraction of sp³-hybridized carbons (Fsp3) is 0.583. The molecule has 0 bridgehead atoms. The number of esters is 1. The molecule has 10 heteroatoms. The van der Waals surface area contributed by atoms with Crippen molar-refractivity contribution < 1.29 is 32.3 Å². The second-order valence-corrected chi connectivity index (χ2v) is 12.0. The van der Waals surface area contributed by atoms with Gasteiger partial charge in [-0.2, -0.15) is 0 Å². The highest BCUT2D eigenvalue weighted by Gasteiger charge is 2.37. The van der Waals surface area contributed by atoms with Crippen LogP contribution in [0, 0.1) is 11.8 Å². The first-order chi connectivity index (χ1) is 15.9. The van der Waals surface area contributed by atoms with Crippen molar-refractivity contribution in [1.82, 2.24) is 9.80 Å². The van der Waals surface area contributed by atoms with Gasteiger partial charge in [-0.3, -0.25) is 19.3 Å². The lowest BCUT2D eigenvalue weighted by molar-refractivity contribution is -0.137. The molecule has 0 aliphatic carbocycles. The van der Waals surface area contributed by atoms with Gasteiger partial charge in [-0.25, -0.2) is 13.2 Å². The third-order valence-corrected chi connectivity index (χ3v) is 7.74. The van der Waals surface area contributed by atoms with Crippen molar-refractivity contribution >= 4 is 33.5 Å². The van der Waals surface area contributed by atoms with E-state index in [-0.39, 0.29) is 40.0 Å². The van der Waals surface area contributed by atoms with E-state index in [1.165, 1.54) is 28.0 Å². The van der Waals surface area contributed by atoms with Crippen LogP contribution < -0.4 is 0 Å². The van der Waals surface area contributed by atoms with E-state index in [1.807, 2.05) is 27.7 Å². The molecule has 3 amide bonds. The second kappa shape index (κ2) is 10.2. The number of hydrogen-bond donors (Lipinski definition) is 0. The van der Waals surface area contributed by atoms with E-state index in [4.69, 9.17) is 4.74 Å². The topological polar surface area (TPSA) is 118 Å². The standard InChI is InChI=1S/C24H32N2O7S/c1-15(2)7-9-25-22(28)19-6-5-17(11-20(19)23(25)29)24(30)33-13-21(27)26(12-16(3)4)18-8-10-34(31,32)14-18/h5-6,11,15-16,18H,7-10,12-14H2,1-4H3/t18-/m1/s1. The molecule has 0 spiro atoms. The number of fused-ring (bicyclic) bond motifs is 1. The summed E-state index contributed by atoms with van der Waals surface area (Å²) < 4.78 is 28.9. The van der Waals surface area contributed by atoms with E-state index in [0.29, 0.717) is 31.8 Å². The van der Waals surface area contributed by atoms with E-state index in [1.54, 1.807) is 0 Å². The SMILES string of the molecule is CC(C)CCN1C(=O)c2ccc(C(=O)OCC(=O)N(CC(C)C)[C@@H]3CCS(=O)(=O)C3)cc2C1=O. The molecule has 1 aromatic carbocycles. The zero-order valence-electron chi connectivity index (χ0n) is 20.1. The number of amides is 3. The molecule has 9 nitrogen and oxygen atoms in total. The van der Waals surface area contributed by atoms with Crippen molar-refractivity contribution in [3.05, 3.63) is 34.9 Å². The summed E-state index contributed by atoms with van der Waals surface area (Å²) in [5.41, 5.74) is 0.455. The average Bonchev–Trinajstić information content (AvgIpc) is 3.24. The molecule has 186 valence electrons. The van der Waals surface area contributed by atoms with Crippen molar-refractivity contribution in [2.24, 2.45) is 11.8 Å². The minimum Gasteiger partial charge on any atom is -0.452 e. The molecule has 1 atom stereocenters. The van der Waals surface area contributed by atoms with Gasteiger partial charge in [0.25, 0.3) is 17.7 Å². The molecular formula is C24H32N2O7S. The van der Waals surface area contributed by atoms with Crippen LogP contribution in [-0.2, 0) is 19.4 Å². The molecular weight excluding hydrogens is 460 g/mol. The van der Waals surface area contributed by atoms with Crippen LogP contribution in [0.2, 0.25) is 0 Å². The number of ether oxygens (including phenoxy) is 1. The first-order valence-corrected chi connectivity index (χ1v) is 13.4. The van der Waals surface area contributed by atoms with Gasteiger partial charge in [-0.15, -0.1) is 0 Å². The van der Waals surface area contributed by atoms with Gasteiger partial charge < -0.3 is 9.64 Å². The first-order valence-electron chi connectivity index (χ1n) is 11.6. The largest absolute Gasteiger partial charge is 0.452 e. The van der Waals surface area contributed by atoms with Gasteiger partial charge in [0.05, 0.1) is 28.2 Å². The maximum Gasteiger partial charge on any atom is 0.338 e. The van der Waals surface area contributed by atoms with Gasteiger partial charge in [-0.05, 0) is 42.9 Å². The lowest BCUT2D eigenvalue weighted by atomic mass is 10.1. The Kier molecular flexibility index (Phi) is 7.80. The summed E-state index contributed by atoms with van der Waals surface area (Å²) in [6.07, 6.45) is 1.04. The Morgan fingerprint density at radius 2 is 1.76 bits per heavy atom. The van der Waals surface area contributed by atoms with Crippen molar-refractivity contribution in [3.8, 4) is 0 Å². The summed E-state index contributed by atoms with van der Waals surface area (Å²) in [5.74, 6) is -1.70. The van der Waals surface area contributed by atoms with Gasteiger partial charge in [0.15, 0.2) is 16.4 Å². The lowest BCUT2D eigenvalue weighted by Gasteiger charge is -2.29. The van der Waals surface area contributed by atoms with Crippen LogP contribution in [0.25, 0.3) is 0 Å². The van der Waals surface area contributed by atoms with Crippen molar-refractivity contribution in [2.45, 2.75) is 46.6 Å². The fourth-order valence-corrected chi connectivity index (χ4v) is 5.90. The Labute approximate surface area is 200 Å². The summed E-state index contributed by atoms with van der Waals surface area (Å²) in [5, 5.41) is 0. The summed E-state index contributed by atoms with van der Waals surface area (Å²) >= 11 is 0. The van der Waals surface area contributed by atoms with Crippen LogP contribution in [0.3, 0.4) is 0 Å². The highest BCUT2D eigenvalue weighted by atomic mass is 32.2. The van der Waals surface area contributed by atoms with E-state index < -0.39 is 40.3 Å². The van der Waals surface area contributed by atoms with Crippen LogP contribution in [0.15, 0.2) is 18.2 Å². The molecule has 0 unspecified atom stereocenters. The van der Waals surface area contributed by atoms with Crippen molar-refractivity contribution in [3.63, 3.8) is 0 Å². The molecule has 1 fully saturated rings. The Morgan fingerprint density at radius 1 is 1.09 bits per heavy atom. The smallest absolute Gasteiger partial charge is 0.338 e. The van der Waals surface area contributed by atoms with Gasteiger partial charge in [0, 0.05) is 19.1 Å². The zero-order valence-corrected chi connectivity index (χ0v) is 20.9. The van der Waals surface area contributed by atoms with Crippen LogP contribution in [-0.4, -0.2) is 79.2 Å². The number of sulfone groups is 1. The van der Waals surface area contributed by atoms with Crippen LogP contribution in [0.1, 0.15) is 71.6 Å². The molecule has 1 aromatic rings. The minimum atomic E-state index is -3.18. The summed E-state index contributed by atoms with van der Waals surface area (Å²) in [6.45, 7) is 7.97. The molecule has 0 saturated carbocycles. The predicted molar refractivity (Wildman–Crippen MR) is 125 cm³/mol. The molecule has 2 aliphatic rings. The van der Waals surface area contributed by atoms with E-state index >= 15 is 0 Å². The monoisotopic (exact) mass is 492 g/mol. The molecule has 34 heavy (non-hydrogen) atoms. The Bertz CT molecular complexity index is 1090. The van der Waals surface area contributed by atoms with E-state index in [0.717, 1.165) is 0 Å². The van der Waals surface area contributed by atoms with Crippen LogP contribution in [0.4, 0.5) is 0 Å². The third kappa shape index (κ3) is 5.84. The van der Waals surface area contributed by atoms with Gasteiger partial charge in [-0.1, -0.05) is 27.7 Å². The first kappa shape index (κ1) is 25.9. The number of rotatable bonds is 9. The zero-order chi connectivity index (χ0) is 25.2.